The number of aromatic nitrogens is 1. The minimum Gasteiger partial charge on any atom is -0.489 e. The van der Waals surface area contributed by atoms with Crippen LogP contribution in [0.5, 0.6) is 11.5 Å². The van der Waals surface area contributed by atoms with E-state index in [0.717, 1.165) is 5.69 Å². The second kappa shape index (κ2) is 9.80. The zero-order chi connectivity index (χ0) is 19.8. The normalized spacial score (nSPS) is 10.8. The van der Waals surface area contributed by atoms with E-state index >= 15 is 0 Å². The molecule has 0 aliphatic rings. The third kappa shape index (κ3) is 6.16. The molecule has 0 saturated carbocycles. The summed E-state index contributed by atoms with van der Waals surface area (Å²) in [6.07, 6.45) is 3.09. The number of methoxy groups -OCH3 is 1. The van der Waals surface area contributed by atoms with Crippen LogP contribution in [0.2, 0.25) is 0 Å². The first-order chi connectivity index (χ1) is 12.9. The first-order valence-electron chi connectivity index (χ1n) is 9.09. The lowest BCUT2D eigenvalue weighted by molar-refractivity contribution is 0.0601. The molecule has 0 fully saturated rings. The van der Waals surface area contributed by atoms with E-state index in [4.69, 9.17) is 14.2 Å². The molecule has 2 rings (SSSR count). The molecule has 2 aromatic rings. The molecule has 146 valence electrons. The standard InChI is InChI=1S/C21H28N2O4/c1-14(2)12-26-19-7-6-16(10-20(19)27-13-15(3)4)23-18-8-9-22-11-17(18)21(24)25-5/h6-11,14-15H,12-13H2,1-5H3,(H,22,23). The van der Waals surface area contributed by atoms with Crippen LogP contribution < -0.4 is 14.8 Å². The minimum absolute atomic E-state index is 0.366. The Balaban J connectivity index is 2.27. The molecule has 6 nitrogen and oxygen atoms in total. The van der Waals surface area contributed by atoms with Gasteiger partial charge >= 0.3 is 5.97 Å². The number of ether oxygens (including phenoxy) is 3. The van der Waals surface area contributed by atoms with Gasteiger partial charge < -0.3 is 19.5 Å². The third-order valence-electron chi connectivity index (χ3n) is 3.59. The van der Waals surface area contributed by atoms with E-state index in [1.165, 1.54) is 13.3 Å². The van der Waals surface area contributed by atoms with E-state index in [2.05, 4.69) is 38.0 Å². The fourth-order valence-electron chi connectivity index (χ4n) is 2.26. The number of carbonyl (C=O) groups excluding carboxylic acids is 1. The lowest BCUT2D eigenvalue weighted by atomic mass is 10.2. The van der Waals surface area contributed by atoms with Crippen LogP contribution >= 0.6 is 0 Å². The van der Waals surface area contributed by atoms with Gasteiger partial charge in [0.05, 0.1) is 26.0 Å². The van der Waals surface area contributed by atoms with Gasteiger partial charge in [0.1, 0.15) is 5.56 Å². The van der Waals surface area contributed by atoms with Crippen molar-refractivity contribution in [2.45, 2.75) is 27.7 Å². The maximum absolute atomic E-state index is 11.9. The molecule has 27 heavy (non-hydrogen) atoms. The molecule has 1 aromatic heterocycles. The van der Waals surface area contributed by atoms with Crippen molar-refractivity contribution in [1.29, 1.82) is 0 Å². The van der Waals surface area contributed by atoms with Crippen molar-refractivity contribution in [3.63, 3.8) is 0 Å². The van der Waals surface area contributed by atoms with Crippen LogP contribution in [0.4, 0.5) is 11.4 Å². The molecule has 0 spiro atoms. The molecule has 0 amide bonds. The highest BCUT2D eigenvalue weighted by molar-refractivity contribution is 5.96. The second-order valence-electron chi connectivity index (χ2n) is 7.11. The van der Waals surface area contributed by atoms with E-state index in [1.54, 1.807) is 12.3 Å². The van der Waals surface area contributed by atoms with Gasteiger partial charge in [-0.05, 0) is 30.0 Å². The van der Waals surface area contributed by atoms with Gasteiger partial charge in [-0.2, -0.15) is 0 Å². The third-order valence-corrected chi connectivity index (χ3v) is 3.59. The Bertz CT molecular complexity index is 760. The molecule has 0 saturated heterocycles. The summed E-state index contributed by atoms with van der Waals surface area (Å²) in [4.78, 5) is 15.9. The highest BCUT2D eigenvalue weighted by atomic mass is 16.5. The number of nitrogens with one attached hydrogen (secondary N) is 1. The fourth-order valence-corrected chi connectivity index (χ4v) is 2.26. The second-order valence-corrected chi connectivity index (χ2v) is 7.11. The SMILES string of the molecule is COC(=O)c1cnccc1Nc1ccc(OCC(C)C)c(OCC(C)C)c1. The maximum Gasteiger partial charge on any atom is 0.341 e. The van der Waals surface area contributed by atoms with Gasteiger partial charge in [0.2, 0.25) is 0 Å². The molecule has 0 radical (unpaired) electrons. The van der Waals surface area contributed by atoms with E-state index in [-0.39, 0.29) is 0 Å². The molecule has 0 atom stereocenters. The minimum atomic E-state index is -0.446. The largest absolute Gasteiger partial charge is 0.489 e. The Kier molecular flexibility index (Phi) is 7.46. The number of carbonyl (C=O) groups is 1. The van der Waals surface area contributed by atoms with Crippen LogP contribution in [-0.4, -0.2) is 31.3 Å². The van der Waals surface area contributed by atoms with Crippen LogP contribution in [0, 0.1) is 11.8 Å². The van der Waals surface area contributed by atoms with Crippen molar-refractivity contribution in [2.75, 3.05) is 25.6 Å². The summed E-state index contributed by atoms with van der Waals surface area (Å²) < 4.78 is 16.6. The summed E-state index contributed by atoms with van der Waals surface area (Å²) in [6.45, 7) is 9.59. The predicted octanol–water partition coefficient (Wildman–Crippen LogP) is 4.68. The van der Waals surface area contributed by atoms with E-state index in [9.17, 15) is 4.79 Å². The summed E-state index contributed by atoms with van der Waals surface area (Å²) in [7, 11) is 1.35. The fraction of sp³-hybridized carbons (Fsp3) is 0.429. The number of pyridine rings is 1. The summed E-state index contributed by atoms with van der Waals surface area (Å²) in [5.41, 5.74) is 1.76. The van der Waals surface area contributed by atoms with Gasteiger partial charge in [-0.1, -0.05) is 27.7 Å². The Morgan fingerprint density at radius 3 is 2.33 bits per heavy atom. The number of hydrogen-bond donors (Lipinski definition) is 1. The monoisotopic (exact) mass is 372 g/mol. The first kappa shape index (κ1) is 20.6. The van der Waals surface area contributed by atoms with E-state index < -0.39 is 5.97 Å². The van der Waals surface area contributed by atoms with Crippen LogP contribution in [0.15, 0.2) is 36.7 Å². The smallest absolute Gasteiger partial charge is 0.341 e. The van der Waals surface area contributed by atoms with Crippen LogP contribution in [0.25, 0.3) is 0 Å². The summed E-state index contributed by atoms with van der Waals surface area (Å²) in [5, 5.41) is 3.23. The Labute approximate surface area is 160 Å². The van der Waals surface area contributed by atoms with Crippen molar-refractivity contribution in [3.05, 3.63) is 42.2 Å². The van der Waals surface area contributed by atoms with Gasteiger partial charge in [0.25, 0.3) is 0 Å². The van der Waals surface area contributed by atoms with Crippen molar-refractivity contribution in [2.24, 2.45) is 11.8 Å². The number of rotatable bonds is 9. The van der Waals surface area contributed by atoms with Gasteiger partial charge in [0.15, 0.2) is 11.5 Å². The van der Waals surface area contributed by atoms with Gasteiger partial charge in [-0.25, -0.2) is 4.79 Å². The Hall–Kier alpha value is -2.76. The molecule has 0 bridgehead atoms. The number of hydrogen-bond acceptors (Lipinski definition) is 6. The summed E-state index contributed by atoms with van der Waals surface area (Å²) in [5.74, 6) is 1.74. The molecular weight excluding hydrogens is 344 g/mol. The topological polar surface area (TPSA) is 69.7 Å². The molecule has 1 N–H and O–H groups in total. The van der Waals surface area contributed by atoms with Gasteiger partial charge in [-0.3, -0.25) is 4.98 Å². The lowest BCUT2D eigenvalue weighted by Crippen LogP contribution is -2.09. The van der Waals surface area contributed by atoms with Crippen LogP contribution in [-0.2, 0) is 4.74 Å². The first-order valence-corrected chi connectivity index (χ1v) is 9.09. The zero-order valence-electron chi connectivity index (χ0n) is 16.6. The van der Waals surface area contributed by atoms with Gasteiger partial charge in [-0.15, -0.1) is 0 Å². The van der Waals surface area contributed by atoms with E-state index in [0.29, 0.717) is 47.8 Å². The molecule has 1 heterocycles. The van der Waals surface area contributed by atoms with Crippen molar-refractivity contribution in [3.8, 4) is 11.5 Å². The Morgan fingerprint density at radius 1 is 1.04 bits per heavy atom. The van der Waals surface area contributed by atoms with Crippen LogP contribution in [0.1, 0.15) is 38.1 Å². The lowest BCUT2D eigenvalue weighted by Gasteiger charge is -2.17. The van der Waals surface area contributed by atoms with Crippen LogP contribution in [0.3, 0.4) is 0 Å². The van der Waals surface area contributed by atoms with E-state index in [1.807, 2.05) is 18.2 Å². The molecule has 0 aliphatic carbocycles. The zero-order valence-corrected chi connectivity index (χ0v) is 16.6. The molecule has 6 heteroatoms. The molecule has 1 aromatic carbocycles. The molecular formula is C21H28N2O4. The predicted molar refractivity (Wildman–Crippen MR) is 106 cm³/mol. The summed E-state index contributed by atoms with van der Waals surface area (Å²) >= 11 is 0. The maximum atomic E-state index is 11.9. The van der Waals surface area contributed by atoms with Crippen molar-refractivity contribution >= 4 is 17.3 Å². The average molecular weight is 372 g/mol. The van der Waals surface area contributed by atoms with Gasteiger partial charge in [0, 0.05) is 24.1 Å². The highest BCUT2D eigenvalue weighted by Crippen LogP contribution is 2.33. The van der Waals surface area contributed by atoms with Crippen molar-refractivity contribution in [1.82, 2.24) is 4.98 Å². The number of benzene rings is 1. The van der Waals surface area contributed by atoms with Crippen molar-refractivity contribution < 1.29 is 19.0 Å². The number of nitrogens with zero attached hydrogens (tertiary/aromatic N) is 1. The summed E-state index contributed by atoms with van der Waals surface area (Å²) in [6, 6.07) is 7.36. The highest BCUT2D eigenvalue weighted by Gasteiger charge is 2.14. The molecule has 0 unspecified atom stereocenters. The number of anilines is 2. The average Bonchev–Trinajstić information content (AvgIpc) is 2.65. The Morgan fingerprint density at radius 2 is 1.70 bits per heavy atom. The quantitative estimate of drug-likeness (QED) is 0.645. The molecule has 0 aliphatic heterocycles. The number of esters is 1.